The third-order valence-corrected chi connectivity index (χ3v) is 7.11. The minimum absolute atomic E-state index is 0.00993. The van der Waals surface area contributed by atoms with Crippen LogP contribution in [0.2, 0.25) is 0 Å². The van der Waals surface area contributed by atoms with Crippen LogP contribution in [0.1, 0.15) is 18.4 Å². The molecule has 10 nitrogen and oxygen atoms in total. The average molecular weight is 569 g/mol. The summed E-state index contributed by atoms with van der Waals surface area (Å²) in [5.41, 5.74) is 5.13. The lowest BCUT2D eigenvalue weighted by molar-refractivity contribution is -0.695. The molecule has 2 heterocycles. The first-order chi connectivity index (χ1) is 20.4. The predicted octanol–water partition coefficient (Wildman–Crippen LogP) is 5.14. The summed E-state index contributed by atoms with van der Waals surface area (Å²) in [6.45, 7) is 5.33. The van der Waals surface area contributed by atoms with Crippen molar-refractivity contribution in [2.75, 3.05) is 34.4 Å². The van der Waals surface area contributed by atoms with Crippen molar-refractivity contribution >= 4 is 34.1 Å². The van der Waals surface area contributed by atoms with E-state index in [1.165, 1.54) is 0 Å². The van der Waals surface area contributed by atoms with Crippen molar-refractivity contribution in [3.8, 4) is 11.5 Å². The number of nitrogens with zero attached hydrogens (tertiary/aromatic N) is 3. The van der Waals surface area contributed by atoms with Gasteiger partial charge in [-0.3, -0.25) is 4.98 Å². The lowest BCUT2D eigenvalue weighted by atomic mass is 10.1. The number of aromatic hydroxyl groups is 2. The number of rotatable bonds is 14. The quantitative estimate of drug-likeness (QED) is 0.0432. The normalized spacial score (nSPS) is 10.9. The molecule has 0 saturated carbocycles. The number of aromatic amines is 1. The van der Waals surface area contributed by atoms with Gasteiger partial charge in [0.15, 0.2) is 0 Å². The molecule has 3 aromatic carbocycles. The lowest BCUT2D eigenvalue weighted by Gasteiger charge is -2.17. The van der Waals surface area contributed by atoms with Crippen LogP contribution in [0.15, 0.2) is 92.0 Å². The van der Waals surface area contributed by atoms with Crippen molar-refractivity contribution in [1.82, 2.24) is 9.55 Å². The van der Waals surface area contributed by atoms with Crippen molar-refractivity contribution < 1.29 is 19.3 Å². The topological polar surface area (TPSA) is 117 Å². The minimum atomic E-state index is 0.00993. The van der Waals surface area contributed by atoms with Crippen molar-refractivity contribution in [1.29, 1.82) is 0 Å². The Kier molecular flexibility index (Phi) is 9.13. The van der Waals surface area contributed by atoms with Crippen LogP contribution in [0.5, 0.6) is 11.5 Å². The van der Waals surface area contributed by atoms with E-state index in [-0.39, 0.29) is 11.5 Å². The van der Waals surface area contributed by atoms with E-state index in [9.17, 15) is 10.2 Å². The highest BCUT2D eigenvalue weighted by atomic mass is 16.3. The first kappa shape index (κ1) is 28.4. The fraction of sp³-hybridized carbons (Fsp3) is 0.250. The molecular formula is C32H40N8O2+2. The molecule has 5 rings (SSSR count). The summed E-state index contributed by atoms with van der Waals surface area (Å²) in [6.07, 6.45) is 14.1. The molecule has 10 heteroatoms. The number of benzene rings is 3. The summed E-state index contributed by atoms with van der Waals surface area (Å²) >= 11 is 0. The van der Waals surface area contributed by atoms with Gasteiger partial charge in [0.25, 0.3) is 0 Å². The Labute approximate surface area is 246 Å². The van der Waals surface area contributed by atoms with Gasteiger partial charge < -0.3 is 31.5 Å². The Hall–Kier alpha value is -5.12. The smallest absolute Gasteiger partial charge is 0.243 e. The zero-order valence-corrected chi connectivity index (χ0v) is 24.1. The van der Waals surface area contributed by atoms with E-state index in [0.29, 0.717) is 16.9 Å². The molecule has 0 unspecified atom stereocenters. The van der Waals surface area contributed by atoms with Crippen molar-refractivity contribution in [2.45, 2.75) is 32.9 Å². The Morgan fingerprint density at radius 2 is 1.36 bits per heavy atom. The number of hydrogen-bond acceptors (Lipinski definition) is 6. The molecule has 42 heavy (non-hydrogen) atoms. The SMILES string of the molecule is Cc1c(O)c(Nc2ccc(NCCCn3cc[n+](C)c3)cc2)cc(Nc2ccc(NCCC[n+]3cc[nH]c3)cc2)c1O. The fourth-order valence-corrected chi connectivity index (χ4v) is 4.72. The van der Waals surface area contributed by atoms with E-state index >= 15 is 0 Å². The first-order valence-corrected chi connectivity index (χ1v) is 14.2. The summed E-state index contributed by atoms with van der Waals surface area (Å²) < 4.78 is 6.32. The van der Waals surface area contributed by atoms with Crippen LogP contribution in [0.3, 0.4) is 0 Å². The molecule has 0 aliphatic heterocycles. The van der Waals surface area contributed by atoms with E-state index in [0.717, 1.165) is 61.8 Å². The zero-order valence-electron chi connectivity index (χ0n) is 24.1. The maximum absolute atomic E-state index is 10.7. The highest BCUT2D eigenvalue weighted by molar-refractivity contribution is 5.80. The third-order valence-electron chi connectivity index (χ3n) is 7.11. The van der Waals surface area contributed by atoms with E-state index in [1.807, 2.05) is 85.1 Å². The maximum atomic E-state index is 10.7. The molecule has 0 radical (unpaired) electrons. The molecule has 0 fully saturated rings. The summed E-state index contributed by atoms with van der Waals surface area (Å²) in [6, 6.07) is 17.6. The van der Waals surface area contributed by atoms with E-state index in [4.69, 9.17) is 0 Å². The van der Waals surface area contributed by atoms with E-state index in [1.54, 1.807) is 13.0 Å². The molecule has 0 atom stereocenters. The van der Waals surface area contributed by atoms with E-state index < -0.39 is 0 Å². The highest BCUT2D eigenvalue weighted by Gasteiger charge is 2.15. The number of aryl methyl sites for hydroxylation is 3. The molecule has 0 bridgehead atoms. The van der Waals surface area contributed by atoms with Gasteiger partial charge in [-0.1, -0.05) is 0 Å². The van der Waals surface area contributed by atoms with Crippen molar-refractivity contribution in [3.05, 3.63) is 97.6 Å². The van der Waals surface area contributed by atoms with Gasteiger partial charge in [0, 0.05) is 54.2 Å². The van der Waals surface area contributed by atoms with Crippen LogP contribution in [-0.4, -0.2) is 32.9 Å². The molecule has 0 aliphatic carbocycles. The molecule has 2 aromatic heterocycles. The van der Waals surface area contributed by atoms with Crippen LogP contribution in [-0.2, 0) is 20.1 Å². The lowest BCUT2D eigenvalue weighted by Crippen LogP contribution is -2.31. The van der Waals surface area contributed by atoms with Crippen molar-refractivity contribution in [3.63, 3.8) is 0 Å². The average Bonchev–Trinajstić information content (AvgIpc) is 3.68. The van der Waals surface area contributed by atoms with Gasteiger partial charge in [0.1, 0.15) is 36.3 Å². The number of H-pyrrole nitrogens is 1. The highest BCUT2D eigenvalue weighted by Crippen LogP contribution is 2.42. The number of phenols is 2. The minimum Gasteiger partial charge on any atom is -0.505 e. The standard InChI is InChI=1S/C32H38N8O2/c1-24-31(41)29(36-27-9-5-25(6-10-27)34-13-3-16-39-18-15-33-22-39)21-30(32(24)42)37-28-11-7-26(8-12-28)35-14-4-17-40-20-19-38(2)23-40/h5-12,15,18-23,34-37H,3-4,13-14,16-17H2,1-2H3,(H-,41,42)/p+2. The van der Waals surface area contributed by atoms with Crippen LogP contribution in [0.25, 0.3) is 0 Å². The molecule has 0 saturated heterocycles. The second-order valence-corrected chi connectivity index (χ2v) is 10.4. The summed E-state index contributed by atoms with van der Waals surface area (Å²) in [5, 5.41) is 34.9. The summed E-state index contributed by atoms with van der Waals surface area (Å²) in [5.74, 6) is 0.0201. The number of phenolic OH excluding ortho intramolecular Hbond substituents is 2. The maximum Gasteiger partial charge on any atom is 0.243 e. The van der Waals surface area contributed by atoms with Gasteiger partial charge in [-0.05, 0) is 61.5 Å². The predicted molar refractivity (Wildman–Crippen MR) is 167 cm³/mol. The zero-order chi connectivity index (χ0) is 29.3. The number of imidazole rings is 2. The molecule has 7 N–H and O–H groups in total. The third kappa shape index (κ3) is 7.54. The largest absolute Gasteiger partial charge is 0.505 e. The van der Waals surface area contributed by atoms with Gasteiger partial charge in [-0.15, -0.1) is 0 Å². The van der Waals surface area contributed by atoms with Gasteiger partial charge in [-0.2, -0.15) is 0 Å². The second-order valence-electron chi connectivity index (χ2n) is 10.4. The monoisotopic (exact) mass is 568 g/mol. The second kappa shape index (κ2) is 13.5. The Balaban J connectivity index is 1.14. The summed E-state index contributed by atoms with van der Waals surface area (Å²) in [4.78, 5) is 3.05. The summed E-state index contributed by atoms with van der Waals surface area (Å²) in [7, 11) is 2.02. The molecule has 0 amide bonds. The van der Waals surface area contributed by atoms with Crippen LogP contribution in [0, 0.1) is 6.92 Å². The molecule has 5 aromatic rings. The Morgan fingerprint density at radius 1 is 0.786 bits per heavy atom. The molecule has 0 aliphatic rings. The van der Waals surface area contributed by atoms with Gasteiger partial charge in [0.05, 0.1) is 31.5 Å². The number of hydrogen-bond donors (Lipinski definition) is 7. The molecular weight excluding hydrogens is 528 g/mol. The van der Waals surface area contributed by atoms with Crippen molar-refractivity contribution in [2.24, 2.45) is 7.05 Å². The number of nitrogens with one attached hydrogen (secondary N) is 5. The Bertz CT molecular complexity index is 1560. The first-order valence-electron chi connectivity index (χ1n) is 14.2. The number of aromatic nitrogens is 4. The Morgan fingerprint density at radius 3 is 1.88 bits per heavy atom. The molecule has 0 spiro atoms. The van der Waals surface area contributed by atoms with Gasteiger partial charge in [0.2, 0.25) is 12.7 Å². The van der Waals surface area contributed by atoms with Crippen LogP contribution in [0.4, 0.5) is 34.1 Å². The molecule has 218 valence electrons. The van der Waals surface area contributed by atoms with Crippen LogP contribution >= 0.6 is 0 Å². The number of anilines is 6. The van der Waals surface area contributed by atoms with Crippen LogP contribution < -0.4 is 30.4 Å². The van der Waals surface area contributed by atoms with Gasteiger partial charge >= 0.3 is 0 Å². The van der Waals surface area contributed by atoms with Gasteiger partial charge in [-0.25, -0.2) is 13.7 Å². The van der Waals surface area contributed by atoms with E-state index in [2.05, 4.69) is 47.9 Å². The fourth-order valence-electron chi connectivity index (χ4n) is 4.72.